The average molecular weight is 263 g/mol. The van der Waals surface area contributed by atoms with Crippen molar-refractivity contribution in [3.63, 3.8) is 0 Å². The highest BCUT2D eigenvalue weighted by Crippen LogP contribution is 2.26. The molecule has 1 aromatic rings. The summed E-state index contributed by atoms with van der Waals surface area (Å²) >= 11 is 3.14. The van der Waals surface area contributed by atoms with Crippen LogP contribution in [0.15, 0.2) is 21.8 Å². The number of ether oxygens (including phenoxy) is 1. The lowest BCUT2D eigenvalue weighted by Gasteiger charge is -2.06. The van der Waals surface area contributed by atoms with E-state index in [0.29, 0.717) is 4.47 Å². The third-order valence-corrected chi connectivity index (χ3v) is 2.28. The van der Waals surface area contributed by atoms with E-state index < -0.39 is 5.82 Å². The Morgan fingerprint density at radius 2 is 2.29 bits per heavy atom. The quantitative estimate of drug-likeness (QED) is 0.369. The molecule has 0 bridgehead atoms. The Morgan fingerprint density at radius 3 is 2.79 bits per heavy atom. The number of benzene rings is 1. The fourth-order valence-corrected chi connectivity index (χ4v) is 1.46. The van der Waals surface area contributed by atoms with Crippen LogP contribution in [0.4, 0.5) is 4.39 Å². The second-order valence-electron chi connectivity index (χ2n) is 2.45. The molecule has 6 heteroatoms. The molecule has 0 aliphatic heterocycles. The first-order valence-corrected chi connectivity index (χ1v) is 4.40. The van der Waals surface area contributed by atoms with Crippen LogP contribution in [0.25, 0.3) is 0 Å². The van der Waals surface area contributed by atoms with E-state index in [1.165, 1.54) is 13.2 Å². The van der Waals surface area contributed by atoms with Crippen LogP contribution in [0.1, 0.15) is 5.56 Å². The smallest absolute Gasteiger partial charge is 0.171 e. The summed E-state index contributed by atoms with van der Waals surface area (Å²) in [5.74, 6) is -0.651. The zero-order valence-electron chi connectivity index (χ0n) is 7.29. The molecule has 0 aliphatic carbocycles. The van der Waals surface area contributed by atoms with Crippen molar-refractivity contribution >= 4 is 21.8 Å². The van der Waals surface area contributed by atoms with Crippen LogP contribution in [-0.4, -0.2) is 18.2 Å². The number of halogens is 2. The van der Waals surface area contributed by atoms with Crippen LogP contribution < -0.4 is 10.5 Å². The molecule has 14 heavy (non-hydrogen) atoms. The van der Waals surface area contributed by atoms with Gasteiger partial charge in [-0.25, -0.2) is 4.39 Å². The molecule has 0 aliphatic rings. The highest BCUT2D eigenvalue weighted by atomic mass is 79.9. The second-order valence-corrected chi connectivity index (χ2v) is 3.31. The molecule has 0 aromatic heterocycles. The number of methoxy groups -OCH3 is 1. The van der Waals surface area contributed by atoms with Gasteiger partial charge in [0, 0.05) is 10.0 Å². The Bertz CT molecular complexity index is 382. The predicted octanol–water partition coefficient (Wildman–Crippen LogP) is 1.69. The maximum Gasteiger partial charge on any atom is 0.171 e. The van der Waals surface area contributed by atoms with Gasteiger partial charge in [-0.1, -0.05) is 5.16 Å². The van der Waals surface area contributed by atoms with Crippen LogP contribution >= 0.6 is 15.9 Å². The van der Waals surface area contributed by atoms with Gasteiger partial charge in [0.2, 0.25) is 0 Å². The van der Waals surface area contributed by atoms with E-state index in [-0.39, 0.29) is 17.1 Å². The first-order valence-electron chi connectivity index (χ1n) is 3.61. The predicted molar refractivity (Wildman–Crippen MR) is 53.2 cm³/mol. The SMILES string of the molecule is COc1cc(Br)c(/C(N)=N/O)cc1F. The highest BCUT2D eigenvalue weighted by molar-refractivity contribution is 9.10. The Morgan fingerprint density at radius 1 is 1.64 bits per heavy atom. The number of hydrogen-bond acceptors (Lipinski definition) is 3. The average Bonchev–Trinajstić information content (AvgIpc) is 2.19. The number of nitrogens with two attached hydrogens (primary N) is 1. The lowest BCUT2D eigenvalue weighted by Crippen LogP contribution is -2.14. The standard InChI is InChI=1S/C8H8BrFN2O2/c1-14-7-3-5(9)4(2-6(7)10)8(11)12-13/h2-3,13H,1H3,(H2,11,12). The molecule has 0 atom stereocenters. The van der Waals surface area contributed by atoms with Crippen molar-refractivity contribution in [2.75, 3.05) is 7.11 Å². The van der Waals surface area contributed by atoms with E-state index >= 15 is 0 Å². The summed E-state index contributed by atoms with van der Waals surface area (Å²) in [5, 5.41) is 11.2. The van der Waals surface area contributed by atoms with Crippen molar-refractivity contribution in [3.8, 4) is 5.75 Å². The van der Waals surface area contributed by atoms with Crippen LogP contribution in [0.3, 0.4) is 0 Å². The zero-order valence-corrected chi connectivity index (χ0v) is 8.88. The normalized spacial score (nSPS) is 11.5. The lowest BCUT2D eigenvalue weighted by atomic mass is 10.2. The lowest BCUT2D eigenvalue weighted by molar-refractivity contribution is 0.318. The topological polar surface area (TPSA) is 67.8 Å². The van der Waals surface area contributed by atoms with Gasteiger partial charge in [0.25, 0.3) is 0 Å². The van der Waals surface area contributed by atoms with Gasteiger partial charge in [0.1, 0.15) is 0 Å². The third-order valence-electron chi connectivity index (χ3n) is 1.63. The molecular formula is C8H8BrFN2O2. The Hall–Kier alpha value is -1.30. The highest BCUT2D eigenvalue weighted by Gasteiger charge is 2.11. The number of nitrogens with zero attached hydrogens (tertiary/aromatic N) is 1. The van der Waals surface area contributed by atoms with E-state index in [4.69, 9.17) is 15.7 Å². The molecule has 1 aromatic carbocycles. The minimum Gasteiger partial charge on any atom is -0.494 e. The van der Waals surface area contributed by atoms with Crippen LogP contribution in [0.5, 0.6) is 5.75 Å². The van der Waals surface area contributed by atoms with Crippen LogP contribution in [-0.2, 0) is 0 Å². The number of rotatable bonds is 2. The summed E-state index contributed by atoms with van der Waals surface area (Å²) in [4.78, 5) is 0. The van der Waals surface area contributed by atoms with Crippen molar-refractivity contribution in [1.82, 2.24) is 0 Å². The maximum absolute atomic E-state index is 13.2. The molecule has 4 nitrogen and oxygen atoms in total. The third kappa shape index (κ3) is 1.95. The summed E-state index contributed by atoms with van der Waals surface area (Å²) in [6.07, 6.45) is 0. The Labute approximate surface area is 88.3 Å². The molecule has 0 fully saturated rings. The largest absolute Gasteiger partial charge is 0.494 e. The van der Waals surface area contributed by atoms with Crippen molar-refractivity contribution in [1.29, 1.82) is 0 Å². The fraction of sp³-hybridized carbons (Fsp3) is 0.125. The maximum atomic E-state index is 13.2. The Kier molecular flexibility index (Phi) is 3.29. The number of hydrogen-bond donors (Lipinski definition) is 2. The van der Waals surface area contributed by atoms with Gasteiger partial charge in [-0.3, -0.25) is 0 Å². The zero-order chi connectivity index (χ0) is 10.7. The molecule has 0 radical (unpaired) electrons. The first-order chi connectivity index (χ1) is 6.60. The van der Waals surface area contributed by atoms with Gasteiger partial charge in [0.15, 0.2) is 17.4 Å². The van der Waals surface area contributed by atoms with E-state index in [2.05, 4.69) is 21.1 Å². The molecule has 0 saturated heterocycles. The molecule has 0 amide bonds. The summed E-state index contributed by atoms with van der Waals surface area (Å²) in [6.45, 7) is 0. The molecule has 1 rings (SSSR count). The van der Waals surface area contributed by atoms with Gasteiger partial charge in [-0.2, -0.15) is 0 Å². The van der Waals surface area contributed by atoms with Gasteiger partial charge in [0.05, 0.1) is 7.11 Å². The minimum absolute atomic E-state index is 0.0892. The summed E-state index contributed by atoms with van der Waals surface area (Å²) < 4.78 is 18.4. The van der Waals surface area contributed by atoms with Crippen molar-refractivity contribution < 1.29 is 14.3 Å². The van der Waals surface area contributed by atoms with E-state index in [9.17, 15) is 4.39 Å². The molecule has 0 heterocycles. The fourth-order valence-electron chi connectivity index (χ4n) is 0.935. The molecule has 76 valence electrons. The number of amidine groups is 1. The van der Waals surface area contributed by atoms with Crippen molar-refractivity contribution in [2.24, 2.45) is 10.9 Å². The van der Waals surface area contributed by atoms with Gasteiger partial charge < -0.3 is 15.7 Å². The Balaban J connectivity index is 3.29. The van der Waals surface area contributed by atoms with Crippen LogP contribution in [0.2, 0.25) is 0 Å². The van der Waals surface area contributed by atoms with Gasteiger partial charge in [-0.15, -0.1) is 0 Å². The molecular weight excluding hydrogens is 255 g/mol. The molecule has 0 unspecified atom stereocenters. The first kappa shape index (κ1) is 10.8. The van der Waals surface area contributed by atoms with E-state index in [0.717, 1.165) is 6.07 Å². The summed E-state index contributed by atoms with van der Waals surface area (Å²) in [5.41, 5.74) is 5.59. The monoisotopic (exact) mass is 262 g/mol. The van der Waals surface area contributed by atoms with Gasteiger partial charge in [-0.05, 0) is 28.1 Å². The van der Waals surface area contributed by atoms with E-state index in [1.54, 1.807) is 0 Å². The summed E-state index contributed by atoms with van der Waals surface area (Å²) in [7, 11) is 1.36. The molecule has 3 N–H and O–H groups in total. The van der Waals surface area contributed by atoms with Crippen LogP contribution in [0, 0.1) is 5.82 Å². The van der Waals surface area contributed by atoms with E-state index in [1.807, 2.05) is 0 Å². The molecule has 0 saturated carbocycles. The second kappa shape index (κ2) is 4.28. The number of oxime groups is 1. The minimum atomic E-state index is -0.572. The van der Waals surface area contributed by atoms with Crippen molar-refractivity contribution in [3.05, 3.63) is 28.0 Å². The molecule has 0 spiro atoms. The van der Waals surface area contributed by atoms with Gasteiger partial charge >= 0.3 is 0 Å². The summed E-state index contributed by atoms with van der Waals surface area (Å²) in [6, 6.07) is 2.53. The van der Waals surface area contributed by atoms with Crippen molar-refractivity contribution in [2.45, 2.75) is 0 Å².